The maximum Gasteiger partial charge on any atom is 0.272 e. The van der Waals surface area contributed by atoms with Gasteiger partial charge in [0.1, 0.15) is 11.5 Å². The van der Waals surface area contributed by atoms with Crippen LogP contribution in [0.1, 0.15) is 29.0 Å². The zero-order chi connectivity index (χ0) is 13.8. The minimum Gasteiger partial charge on any atom is -0.344 e. The molecule has 1 heterocycles. The number of rotatable bonds is 3. The number of aromatic nitrogens is 2. The summed E-state index contributed by atoms with van der Waals surface area (Å²) < 4.78 is 12.8. The molecule has 98 valence electrons. The van der Waals surface area contributed by atoms with Gasteiger partial charge in [-0.15, -0.1) is 0 Å². The number of halogens is 1. The van der Waals surface area contributed by atoms with Crippen LogP contribution < -0.4 is 10.9 Å². The molecule has 0 spiro atoms. The van der Waals surface area contributed by atoms with Crippen LogP contribution in [-0.4, -0.2) is 16.1 Å². The topological polar surface area (TPSA) is 74.8 Å². The third kappa shape index (κ3) is 3.25. The van der Waals surface area contributed by atoms with Crippen molar-refractivity contribution in [1.82, 2.24) is 15.5 Å². The molecule has 5 nitrogen and oxygen atoms in total. The molecule has 0 saturated carbocycles. The third-order valence-electron chi connectivity index (χ3n) is 2.63. The number of hydrogen-bond donors (Lipinski definition) is 2. The Labute approximate surface area is 108 Å². The van der Waals surface area contributed by atoms with Gasteiger partial charge in [-0.3, -0.25) is 9.59 Å². The Morgan fingerprint density at radius 2 is 1.95 bits per heavy atom. The lowest BCUT2D eigenvalue weighted by Gasteiger charge is -2.13. The zero-order valence-corrected chi connectivity index (χ0v) is 10.2. The highest BCUT2D eigenvalue weighted by molar-refractivity contribution is 5.92. The van der Waals surface area contributed by atoms with Crippen molar-refractivity contribution in [3.8, 4) is 0 Å². The molecular formula is C13H12FN3O2. The lowest BCUT2D eigenvalue weighted by molar-refractivity contribution is 0.0933. The number of hydrogen-bond acceptors (Lipinski definition) is 3. The standard InChI is InChI=1S/C13H12FN3O2/c1-8(9-2-4-10(14)5-3-9)15-13(19)11-6-7-12(18)17-16-11/h2-8H,1H3,(H,15,19)(H,17,18). The van der Waals surface area contributed by atoms with Gasteiger partial charge in [-0.2, -0.15) is 5.10 Å². The van der Waals surface area contributed by atoms with Gasteiger partial charge in [-0.05, 0) is 30.7 Å². The van der Waals surface area contributed by atoms with Gasteiger partial charge in [-0.25, -0.2) is 9.49 Å². The van der Waals surface area contributed by atoms with E-state index in [1.165, 1.54) is 24.3 Å². The van der Waals surface area contributed by atoms with Crippen LogP contribution in [0.5, 0.6) is 0 Å². The van der Waals surface area contributed by atoms with Gasteiger partial charge in [0.15, 0.2) is 0 Å². The predicted octanol–water partition coefficient (Wildman–Crippen LogP) is 1.40. The molecule has 0 saturated heterocycles. The van der Waals surface area contributed by atoms with Gasteiger partial charge in [-0.1, -0.05) is 12.1 Å². The van der Waals surface area contributed by atoms with Crippen molar-refractivity contribution >= 4 is 5.91 Å². The molecule has 2 N–H and O–H groups in total. The van der Waals surface area contributed by atoms with Gasteiger partial charge < -0.3 is 5.32 Å². The second kappa shape index (κ2) is 5.43. The molecule has 1 unspecified atom stereocenters. The summed E-state index contributed by atoms with van der Waals surface area (Å²) >= 11 is 0. The van der Waals surface area contributed by atoms with Crippen molar-refractivity contribution < 1.29 is 9.18 Å². The monoisotopic (exact) mass is 261 g/mol. The van der Waals surface area contributed by atoms with Gasteiger partial charge >= 0.3 is 0 Å². The van der Waals surface area contributed by atoms with Crippen molar-refractivity contribution in [3.05, 3.63) is 63.8 Å². The minimum absolute atomic E-state index is 0.119. The van der Waals surface area contributed by atoms with E-state index in [2.05, 4.69) is 15.5 Å². The molecule has 0 aliphatic heterocycles. The number of amides is 1. The van der Waals surface area contributed by atoms with Crippen LogP contribution in [0.25, 0.3) is 0 Å². The Morgan fingerprint density at radius 3 is 2.53 bits per heavy atom. The molecule has 19 heavy (non-hydrogen) atoms. The first kappa shape index (κ1) is 12.9. The molecular weight excluding hydrogens is 249 g/mol. The van der Waals surface area contributed by atoms with E-state index in [0.717, 1.165) is 5.56 Å². The summed E-state index contributed by atoms with van der Waals surface area (Å²) in [6.45, 7) is 1.77. The lowest BCUT2D eigenvalue weighted by Crippen LogP contribution is -2.28. The van der Waals surface area contributed by atoms with Crippen molar-refractivity contribution in [2.45, 2.75) is 13.0 Å². The highest BCUT2D eigenvalue weighted by Crippen LogP contribution is 2.13. The summed E-state index contributed by atoms with van der Waals surface area (Å²) in [7, 11) is 0. The number of aromatic amines is 1. The number of nitrogens with one attached hydrogen (secondary N) is 2. The van der Waals surface area contributed by atoms with E-state index in [9.17, 15) is 14.0 Å². The van der Waals surface area contributed by atoms with Crippen molar-refractivity contribution in [1.29, 1.82) is 0 Å². The van der Waals surface area contributed by atoms with Crippen LogP contribution in [0, 0.1) is 5.82 Å². The predicted molar refractivity (Wildman–Crippen MR) is 67.1 cm³/mol. The van der Waals surface area contributed by atoms with E-state index < -0.39 is 5.91 Å². The fourth-order valence-electron chi connectivity index (χ4n) is 1.58. The normalized spacial score (nSPS) is 11.9. The molecule has 0 fully saturated rings. The van der Waals surface area contributed by atoms with Crippen LogP contribution in [0.15, 0.2) is 41.2 Å². The van der Waals surface area contributed by atoms with Crippen LogP contribution in [-0.2, 0) is 0 Å². The largest absolute Gasteiger partial charge is 0.344 e. The van der Waals surface area contributed by atoms with Crippen molar-refractivity contribution in [3.63, 3.8) is 0 Å². The number of carbonyl (C=O) groups excluding carboxylic acids is 1. The van der Waals surface area contributed by atoms with E-state index in [1.54, 1.807) is 19.1 Å². The first-order valence-electron chi connectivity index (χ1n) is 5.68. The van der Waals surface area contributed by atoms with Crippen molar-refractivity contribution in [2.24, 2.45) is 0 Å². The van der Waals surface area contributed by atoms with Crippen LogP contribution in [0.4, 0.5) is 4.39 Å². The third-order valence-corrected chi connectivity index (χ3v) is 2.63. The lowest BCUT2D eigenvalue weighted by atomic mass is 10.1. The molecule has 0 aliphatic carbocycles. The highest BCUT2D eigenvalue weighted by Gasteiger charge is 2.12. The van der Waals surface area contributed by atoms with Gasteiger partial charge in [0.05, 0.1) is 6.04 Å². The van der Waals surface area contributed by atoms with Crippen LogP contribution in [0.3, 0.4) is 0 Å². The number of H-pyrrole nitrogens is 1. The maximum atomic E-state index is 12.8. The van der Waals surface area contributed by atoms with Crippen LogP contribution in [0.2, 0.25) is 0 Å². The Bertz CT molecular complexity index is 617. The van der Waals surface area contributed by atoms with Crippen molar-refractivity contribution in [2.75, 3.05) is 0 Å². The Balaban J connectivity index is 2.08. The second-order valence-corrected chi connectivity index (χ2v) is 4.05. The first-order chi connectivity index (χ1) is 9.06. The summed E-state index contributed by atoms with van der Waals surface area (Å²) in [5, 5.41) is 8.52. The van der Waals surface area contributed by atoms with Gasteiger partial charge in [0.25, 0.3) is 11.5 Å². The maximum absolute atomic E-state index is 12.8. The van der Waals surface area contributed by atoms with Crippen LogP contribution >= 0.6 is 0 Å². The summed E-state index contributed by atoms with van der Waals surface area (Å²) in [5.41, 5.74) is 0.524. The SMILES string of the molecule is CC(NC(=O)c1ccc(=O)[nH]n1)c1ccc(F)cc1. The quantitative estimate of drug-likeness (QED) is 0.877. The number of nitrogens with zero attached hydrogens (tertiary/aromatic N) is 1. The minimum atomic E-state index is -0.409. The molecule has 1 amide bonds. The Kier molecular flexibility index (Phi) is 3.70. The molecule has 0 aliphatic rings. The molecule has 6 heteroatoms. The molecule has 0 bridgehead atoms. The highest BCUT2D eigenvalue weighted by atomic mass is 19.1. The average molecular weight is 261 g/mol. The molecule has 1 aromatic carbocycles. The van der Waals surface area contributed by atoms with E-state index in [1.807, 2.05) is 0 Å². The van der Waals surface area contributed by atoms with E-state index in [4.69, 9.17) is 0 Å². The van der Waals surface area contributed by atoms with E-state index >= 15 is 0 Å². The fraction of sp³-hybridized carbons (Fsp3) is 0.154. The molecule has 1 atom stereocenters. The summed E-state index contributed by atoms with van der Waals surface area (Å²) in [6, 6.07) is 8.13. The number of benzene rings is 1. The zero-order valence-electron chi connectivity index (χ0n) is 10.2. The van der Waals surface area contributed by atoms with Gasteiger partial charge in [0, 0.05) is 6.07 Å². The first-order valence-corrected chi connectivity index (χ1v) is 5.68. The molecule has 2 rings (SSSR count). The molecule has 2 aromatic rings. The van der Waals surface area contributed by atoms with E-state index in [0.29, 0.717) is 0 Å². The molecule has 1 aromatic heterocycles. The average Bonchev–Trinajstić information content (AvgIpc) is 2.40. The summed E-state index contributed by atoms with van der Waals surface area (Å²) in [5.74, 6) is -0.738. The molecule has 0 radical (unpaired) electrons. The Hall–Kier alpha value is -2.50. The number of carbonyl (C=O) groups is 1. The second-order valence-electron chi connectivity index (χ2n) is 4.05. The summed E-state index contributed by atoms with van der Waals surface area (Å²) in [4.78, 5) is 22.7. The summed E-state index contributed by atoms with van der Waals surface area (Å²) in [6.07, 6.45) is 0. The fourth-order valence-corrected chi connectivity index (χ4v) is 1.58. The van der Waals surface area contributed by atoms with Gasteiger partial charge in [0.2, 0.25) is 0 Å². The van der Waals surface area contributed by atoms with E-state index in [-0.39, 0.29) is 23.1 Å². The Morgan fingerprint density at radius 1 is 1.26 bits per heavy atom. The smallest absolute Gasteiger partial charge is 0.272 e.